The molecule has 1 aromatic rings. The van der Waals surface area contributed by atoms with Crippen LogP contribution in [0.1, 0.15) is 50.1 Å². The van der Waals surface area contributed by atoms with Gasteiger partial charge in [-0.3, -0.25) is 0 Å². The number of thiazole rings is 1. The first-order valence-corrected chi connectivity index (χ1v) is 8.26. The molecule has 0 bridgehead atoms. The zero-order chi connectivity index (χ0) is 14.7. The smallest absolute Gasteiger partial charge is 0.186 e. The summed E-state index contributed by atoms with van der Waals surface area (Å²) in [7, 11) is 1.74. The van der Waals surface area contributed by atoms with Gasteiger partial charge in [0.15, 0.2) is 5.13 Å². The van der Waals surface area contributed by atoms with E-state index < -0.39 is 0 Å². The van der Waals surface area contributed by atoms with Gasteiger partial charge in [-0.1, -0.05) is 25.2 Å². The highest BCUT2D eigenvalue weighted by atomic mass is 32.1. The highest BCUT2D eigenvalue weighted by Crippen LogP contribution is 2.39. The van der Waals surface area contributed by atoms with Gasteiger partial charge in [0.1, 0.15) is 0 Å². The van der Waals surface area contributed by atoms with Crippen molar-refractivity contribution in [3.63, 3.8) is 0 Å². The van der Waals surface area contributed by atoms with Crippen LogP contribution in [0, 0.1) is 5.92 Å². The fourth-order valence-corrected chi connectivity index (χ4v) is 3.72. The minimum Gasteiger partial charge on any atom is -0.391 e. The van der Waals surface area contributed by atoms with Crippen molar-refractivity contribution in [3.8, 4) is 0 Å². The number of rotatable bonds is 8. The van der Waals surface area contributed by atoms with Gasteiger partial charge in [0.05, 0.1) is 23.8 Å². The molecule has 114 valence electrons. The number of hydrogen-bond donors (Lipinski definition) is 1. The Hall–Kier alpha value is -0.650. The molecule has 0 spiro atoms. The van der Waals surface area contributed by atoms with Crippen LogP contribution in [-0.2, 0) is 11.3 Å². The molecule has 0 aromatic carbocycles. The molecule has 0 radical (unpaired) electrons. The molecule has 0 saturated heterocycles. The molecule has 1 aliphatic rings. The maximum absolute atomic E-state index is 9.53. The first kappa shape index (κ1) is 15.7. The normalized spacial score (nSPS) is 16.7. The fourth-order valence-electron chi connectivity index (χ4n) is 2.53. The highest BCUT2D eigenvalue weighted by molar-refractivity contribution is 7.15. The molecule has 1 fully saturated rings. The second-order valence-corrected chi connectivity index (χ2v) is 6.94. The van der Waals surface area contributed by atoms with Crippen LogP contribution in [0.5, 0.6) is 0 Å². The number of aromatic nitrogens is 1. The lowest BCUT2D eigenvalue weighted by Crippen LogP contribution is -2.37. The van der Waals surface area contributed by atoms with Gasteiger partial charge < -0.3 is 14.7 Å². The summed E-state index contributed by atoms with van der Waals surface area (Å²) < 4.78 is 5.24. The van der Waals surface area contributed by atoms with E-state index in [1.807, 2.05) is 0 Å². The molecule has 1 aromatic heterocycles. The first-order chi connectivity index (χ1) is 9.58. The number of aliphatic hydroxyl groups excluding tert-OH is 1. The maximum atomic E-state index is 9.53. The van der Waals surface area contributed by atoms with Crippen LogP contribution >= 0.6 is 11.3 Å². The summed E-state index contributed by atoms with van der Waals surface area (Å²) >= 11 is 1.63. The monoisotopic (exact) mass is 298 g/mol. The van der Waals surface area contributed by atoms with Gasteiger partial charge in [0.2, 0.25) is 0 Å². The Bertz CT molecular complexity index is 430. The number of ether oxygens (including phenoxy) is 1. The Morgan fingerprint density at radius 1 is 1.40 bits per heavy atom. The number of methoxy groups -OCH3 is 1. The third-order valence-electron chi connectivity index (χ3n) is 3.98. The van der Waals surface area contributed by atoms with Crippen molar-refractivity contribution in [2.24, 2.45) is 5.92 Å². The third-order valence-corrected chi connectivity index (χ3v) is 5.08. The van der Waals surface area contributed by atoms with E-state index in [9.17, 15) is 5.11 Å². The Morgan fingerprint density at radius 2 is 2.10 bits per heavy atom. The van der Waals surface area contributed by atoms with Crippen LogP contribution in [0.2, 0.25) is 0 Å². The average molecular weight is 298 g/mol. The van der Waals surface area contributed by atoms with Crippen molar-refractivity contribution in [2.45, 2.75) is 52.2 Å². The summed E-state index contributed by atoms with van der Waals surface area (Å²) in [5.74, 6) is 1.14. The predicted molar refractivity (Wildman–Crippen MR) is 83.5 cm³/mol. The second-order valence-electron chi connectivity index (χ2n) is 5.88. The van der Waals surface area contributed by atoms with E-state index in [0.717, 1.165) is 28.2 Å². The molecule has 1 N–H and O–H groups in total. The van der Waals surface area contributed by atoms with E-state index in [0.29, 0.717) is 18.6 Å². The van der Waals surface area contributed by atoms with Gasteiger partial charge in [0.25, 0.3) is 0 Å². The van der Waals surface area contributed by atoms with Crippen molar-refractivity contribution in [1.29, 1.82) is 0 Å². The van der Waals surface area contributed by atoms with Crippen molar-refractivity contribution < 1.29 is 9.84 Å². The maximum Gasteiger partial charge on any atom is 0.186 e. The molecule has 1 aliphatic carbocycles. The molecule has 4 nitrogen and oxygen atoms in total. The summed E-state index contributed by atoms with van der Waals surface area (Å²) in [4.78, 5) is 8.15. The van der Waals surface area contributed by atoms with E-state index >= 15 is 0 Å². The molecule has 1 heterocycles. The minimum absolute atomic E-state index is 0.0844. The Labute approximate surface area is 125 Å². The summed E-state index contributed by atoms with van der Waals surface area (Å²) in [6.07, 6.45) is 2.64. The summed E-state index contributed by atoms with van der Waals surface area (Å²) in [6, 6.07) is 0.503. The van der Waals surface area contributed by atoms with Crippen molar-refractivity contribution in [2.75, 3.05) is 25.2 Å². The number of nitrogens with zero attached hydrogens (tertiary/aromatic N) is 2. The zero-order valence-electron chi connectivity index (χ0n) is 12.9. The van der Waals surface area contributed by atoms with E-state index in [4.69, 9.17) is 9.72 Å². The predicted octanol–water partition coefficient (Wildman–Crippen LogP) is 3.01. The lowest BCUT2D eigenvalue weighted by molar-refractivity contribution is 0.202. The van der Waals surface area contributed by atoms with Crippen LogP contribution in [0.25, 0.3) is 0 Å². The third kappa shape index (κ3) is 3.51. The van der Waals surface area contributed by atoms with Gasteiger partial charge in [0, 0.05) is 19.7 Å². The number of hydrogen-bond acceptors (Lipinski definition) is 5. The lowest BCUT2D eigenvalue weighted by atomic mass is 10.1. The molecule has 20 heavy (non-hydrogen) atoms. The van der Waals surface area contributed by atoms with Crippen LogP contribution in [-0.4, -0.2) is 36.4 Å². The molecule has 2 rings (SSSR count). The Kier molecular flexibility index (Phi) is 5.41. The fraction of sp³-hybridized carbons (Fsp3) is 0.800. The number of anilines is 1. The quantitative estimate of drug-likeness (QED) is 0.801. The average Bonchev–Trinajstić information content (AvgIpc) is 3.18. The van der Waals surface area contributed by atoms with Crippen molar-refractivity contribution >= 4 is 16.5 Å². The van der Waals surface area contributed by atoms with E-state index in [1.165, 1.54) is 12.8 Å². The first-order valence-electron chi connectivity index (χ1n) is 7.44. The highest BCUT2D eigenvalue weighted by Gasteiger charge is 2.33. The largest absolute Gasteiger partial charge is 0.391 e. The molecule has 1 unspecified atom stereocenters. The van der Waals surface area contributed by atoms with Gasteiger partial charge >= 0.3 is 0 Å². The van der Waals surface area contributed by atoms with Gasteiger partial charge in [-0.15, -0.1) is 0 Å². The van der Waals surface area contributed by atoms with Crippen molar-refractivity contribution in [1.82, 2.24) is 4.98 Å². The van der Waals surface area contributed by atoms with Crippen LogP contribution in [0.15, 0.2) is 0 Å². The molecule has 1 atom stereocenters. The molecular formula is C15H26N2O2S. The molecular weight excluding hydrogens is 272 g/mol. The van der Waals surface area contributed by atoms with Crippen molar-refractivity contribution in [3.05, 3.63) is 10.6 Å². The zero-order valence-corrected chi connectivity index (χ0v) is 13.7. The van der Waals surface area contributed by atoms with Gasteiger partial charge in [-0.2, -0.15) is 0 Å². The standard InChI is InChI=1S/C15H26N2O2S/c1-10(2)14-13(9-18)20-15(16-14)17(7-8-19-4)11(3)12-5-6-12/h10-12,18H,5-9H2,1-4H3. The van der Waals surface area contributed by atoms with Gasteiger partial charge in [-0.25, -0.2) is 4.98 Å². The van der Waals surface area contributed by atoms with Crippen LogP contribution in [0.4, 0.5) is 5.13 Å². The van der Waals surface area contributed by atoms with E-state index in [1.54, 1.807) is 18.4 Å². The van der Waals surface area contributed by atoms with E-state index in [-0.39, 0.29) is 6.61 Å². The van der Waals surface area contributed by atoms with E-state index in [2.05, 4.69) is 25.7 Å². The Balaban J connectivity index is 2.22. The SMILES string of the molecule is COCCN(c1nc(C(C)C)c(CO)s1)C(C)C1CC1. The van der Waals surface area contributed by atoms with Crippen LogP contribution < -0.4 is 4.90 Å². The summed E-state index contributed by atoms with van der Waals surface area (Å²) in [5, 5.41) is 10.6. The molecule has 5 heteroatoms. The Morgan fingerprint density at radius 3 is 2.55 bits per heavy atom. The topological polar surface area (TPSA) is 45.6 Å². The summed E-state index contributed by atoms with van der Waals surface area (Å²) in [6.45, 7) is 8.19. The summed E-state index contributed by atoms with van der Waals surface area (Å²) in [5.41, 5.74) is 1.04. The minimum atomic E-state index is 0.0844. The molecule has 1 saturated carbocycles. The lowest BCUT2D eigenvalue weighted by Gasteiger charge is -2.28. The molecule has 0 amide bonds. The second kappa shape index (κ2) is 6.87. The van der Waals surface area contributed by atoms with Crippen LogP contribution in [0.3, 0.4) is 0 Å². The number of aliphatic hydroxyl groups is 1. The van der Waals surface area contributed by atoms with Gasteiger partial charge in [-0.05, 0) is 31.6 Å². The molecule has 0 aliphatic heterocycles.